The molecule has 0 bridgehead atoms. The number of carbonyl (C=O) groups is 2. The highest BCUT2D eigenvalue weighted by molar-refractivity contribution is 5.89. The molecule has 0 unspecified atom stereocenters. The van der Waals surface area contributed by atoms with Gasteiger partial charge in [0.25, 0.3) is 0 Å². The first-order valence-electron chi connectivity index (χ1n) is 7.79. The summed E-state index contributed by atoms with van der Waals surface area (Å²) in [6.07, 6.45) is 0. The van der Waals surface area contributed by atoms with Crippen molar-refractivity contribution >= 4 is 11.9 Å². The van der Waals surface area contributed by atoms with Crippen molar-refractivity contribution in [3.05, 3.63) is 47.7 Å². The van der Waals surface area contributed by atoms with Crippen LogP contribution in [0.4, 0.5) is 4.79 Å². The van der Waals surface area contributed by atoms with Crippen LogP contribution in [0.1, 0.15) is 22.1 Å². The molecule has 24 heavy (non-hydrogen) atoms. The van der Waals surface area contributed by atoms with E-state index in [-0.39, 0.29) is 17.8 Å². The maximum Gasteiger partial charge on any atom is 0.317 e. The number of carbonyl (C=O) groups excluding carboxylic acids is 2. The maximum atomic E-state index is 12.2. The highest BCUT2D eigenvalue weighted by Crippen LogP contribution is 2.08. The lowest BCUT2D eigenvalue weighted by molar-refractivity contribution is 0.0624. The molecule has 1 N–H and O–H groups in total. The standard InChI is InChI=1S/C16H19N5O3/c1-12-18-19-14(24-12)15(22)20-7-9-21(10-8-20)16(23)17-11-13-5-3-2-4-6-13/h2-6H,7-11H2,1H3,(H,17,23). The Labute approximate surface area is 139 Å². The molecule has 126 valence electrons. The fourth-order valence-electron chi connectivity index (χ4n) is 2.52. The van der Waals surface area contributed by atoms with Gasteiger partial charge in [-0.15, -0.1) is 10.2 Å². The first kappa shape index (κ1) is 16.0. The Bertz CT molecular complexity index is 708. The Morgan fingerprint density at radius 1 is 1.08 bits per heavy atom. The monoisotopic (exact) mass is 329 g/mol. The highest BCUT2D eigenvalue weighted by atomic mass is 16.4. The van der Waals surface area contributed by atoms with Crippen LogP contribution in [0.2, 0.25) is 0 Å². The zero-order valence-corrected chi connectivity index (χ0v) is 13.4. The lowest BCUT2D eigenvalue weighted by Gasteiger charge is -2.34. The number of piperazine rings is 1. The van der Waals surface area contributed by atoms with Crippen LogP contribution >= 0.6 is 0 Å². The smallest absolute Gasteiger partial charge is 0.317 e. The lowest BCUT2D eigenvalue weighted by Crippen LogP contribution is -2.53. The summed E-state index contributed by atoms with van der Waals surface area (Å²) in [6, 6.07) is 9.61. The van der Waals surface area contributed by atoms with Crippen LogP contribution in [0.25, 0.3) is 0 Å². The van der Waals surface area contributed by atoms with Gasteiger partial charge in [-0.1, -0.05) is 30.3 Å². The minimum Gasteiger partial charge on any atom is -0.417 e. The largest absolute Gasteiger partial charge is 0.417 e. The van der Waals surface area contributed by atoms with Gasteiger partial charge in [-0.2, -0.15) is 0 Å². The van der Waals surface area contributed by atoms with E-state index in [1.54, 1.807) is 16.7 Å². The number of nitrogens with one attached hydrogen (secondary N) is 1. The van der Waals surface area contributed by atoms with E-state index in [1.807, 2.05) is 30.3 Å². The third-order valence-corrected chi connectivity index (χ3v) is 3.85. The molecule has 8 heteroatoms. The molecule has 0 atom stereocenters. The summed E-state index contributed by atoms with van der Waals surface area (Å²) < 4.78 is 5.15. The van der Waals surface area contributed by atoms with E-state index in [0.29, 0.717) is 38.6 Å². The van der Waals surface area contributed by atoms with Crippen molar-refractivity contribution < 1.29 is 14.0 Å². The zero-order valence-electron chi connectivity index (χ0n) is 13.4. The highest BCUT2D eigenvalue weighted by Gasteiger charge is 2.27. The molecule has 1 aromatic carbocycles. The molecule has 1 aromatic heterocycles. The van der Waals surface area contributed by atoms with Crippen LogP contribution in [-0.2, 0) is 6.54 Å². The summed E-state index contributed by atoms with van der Waals surface area (Å²) in [5.74, 6) is 0.0618. The van der Waals surface area contributed by atoms with E-state index in [4.69, 9.17) is 4.42 Å². The summed E-state index contributed by atoms with van der Waals surface area (Å²) in [7, 11) is 0. The van der Waals surface area contributed by atoms with Gasteiger partial charge in [-0.25, -0.2) is 4.79 Å². The molecule has 0 spiro atoms. The maximum absolute atomic E-state index is 12.2. The van der Waals surface area contributed by atoms with Gasteiger partial charge in [-0.05, 0) is 5.56 Å². The van der Waals surface area contributed by atoms with Crippen molar-refractivity contribution in [3.8, 4) is 0 Å². The van der Waals surface area contributed by atoms with Gasteiger partial charge < -0.3 is 19.5 Å². The molecule has 0 radical (unpaired) electrons. The predicted octanol–water partition coefficient (Wildman–Crippen LogP) is 1.05. The Kier molecular flexibility index (Phi) is 4.74. The molecular formula is C16H19N5O3. The summed E-state index contributed by atoms with van der Waals surface area (Å²) >= 11 is 0. The molecule has 1 saturated heterocycles. The van der Waals surface area contributed by atoms with Crippen molar-refractivity contribution in [2.45, 2.75) is 13.5 Å². The summed E-state index contributed by atoms with van der Waals surface area (Å²) in [5.41, 5.74) is 1.05. The Hall–Kier alpha value is -2.90. The van der Waals surface area contributed by atoms with Crippen LogP contribution in [-0.4, -0.2) is 58.1 Å². The van der Waals surface area contributed by atoms with Crippen molar-refractivity contribution in [1.29, 1.82) is 0 Å². The third-order valence-electron chi connectivity index (χ3n) is 3.85. The number of rotatable bonds is 3. The Morgan fingerprint density at radius 3 is 2.38 bits per heavy atom. The fraction of sp³-hybridized carbons (Fsp3) is 0.375. The second-order valence-corrected chi connectivity index (χ2v) is 5.55. The summed E-state index contributed by atoms with van der Waals surface area (Å²) in [6.45, 7) is 3.95. The number of benzene rings is 1. The molecular weight excluding hydrogens is 310 g/mol. The number of aryl methyl sites for hydroxylation is 1. The van der Waals surface area contributed by atoms with E-state index >= 15 is 0 Å². The molecule has 0 saturated carbocycles. The minimum atomic E-state index is -0.292. The number of nitrogens with zero attached hydrogens (tertiary/aromatic N) is 4. The number of hydrogen-bond donors (Lipinski definition) is 1. The molecule has 8 nitrogen and oxygen atoms in total. The van der Waals surface area contributed by atoms with E-state index < -0.39 is 0 Å². The second kappa shape index (κ2) is 7.12. The zero-order chi connectivity index (χ0) is 16.9. The van der Waals surface area contributed by atoms with Gasteiger partial charge in [-0.3, -0.25) is 4.79 Å². The molecule has 2 heterocycles. The van der Waals surface area contributed by atoms with Crippen LogP contribution in [0, 0.1) is 6.92 Å². The molecule has 1 fully saturated rings. The summed E-state index contributed by atoms with van der Waals surface area (Å²) in [5, 5.41) is 10.3. The van der Waals surface area contributed by atoms with Gasteiger partial charge >= 0.3 is 17.8 Å². The average Bonchev–Trinajstić information content (AvgIpc) is 3.06. The molecule has 3 amide bonds. The minimum absolute atomic E-state index is 0.00511. The average molecular weight is 329 g/mol. The third kappa shape index (κ3) is 3.70. The van der Waals surface area contributed by atoms with Gasteiger partial charge in [0.2, 0.25) is 5.89 Å². The SMILES string of the molecule is Cc1nnc(C(=O)N2CCN(C(=O)NCc3ccccc3)CC2)o1. The molecule has 3 rings (SSSR count). The van der Waals surface area contributed by atoms with Crippen molar-refractivity contribution in [3.63, 3.8) is 0 Å². The number of aromatic nitrogens is 2. The van der Waals surface area contributed by atoms with Crippen LogP contribution in [0.15, 0.2) is 34.7 Å². The molecule has 1 aliphatic rings. The Balaban J connectivity index is 1.47. The van der Waals surface area contributed by atoms with E-state index in [9.17, 15) is 9.59 Å². The molecule has 1 aliphatic heterocycles. The van der Waals surface area contributed by atoms with Gasteiger partial charge in [0.05, 0.1) is 0 Å². The fourth-order valence-corrected chi connectivity index (χ4v) is 2.52. The normalized spacial score (nSPS) is 14.5. The van der Waals surface area contributed by atoms with Crippen LogP contribution < -0.4 is 5.32 Å². The first-order chi connectivity index (χ1) is 11.6. The predicted molar refractivity (Wildman–Crippen MR) is 85.2 cm³/mol. The molecule has 0 aliphatic carbocycles. The van der Waals surface area contributed by atoms with Crippen molar-refractivity contribution in [2.75, 3.05) is 26.2 Å². The number of hydrogen-bond acceptors (Lipinski definition) is 5. The van der Waals surface area contributed by atoms with Crippen molar-refractivity contribution in [2.24, 2.45) is 0 Å². The quantitative estimate of drug-likeness (QED) is 0.908. The van der Waals surface area contributed by atoms with E-state index in [0.717, 1.165) is 5.56 Å². The number of amides is 3. The molecule has 2 aromatic rings. The summed E-state index contributed by atoms with van der Waals surface area (Å²) in [4.78, 5) is 27.7. The van der Waals surface area contributed by atoms with Crippen molar-refractivity contribution in [1.82, 2.24) is 25.3 Å². The van der Waals surface area contributed by atoms with Gasteiger partial charge in [0.1, 0.15) is 0 Å². The van der Waals surface area contributed by atoms with Crippen LogP contribution in [0.3, 0.4) is 0 Å². The van der Waals surface area contributed by atoms with E-state index in [2.05, 4.69) is 15.5 Å². The van der Waals surface area contributed by atoms with Gasteiger partial charge in [0.15, 0.2) is 0 Å². The van der Waals surface area contributed by atoms with Gasteiger partial charge in [0, 0.05) is 39.6 Å². The van der Waals surface area contributed by atoms with Crippen LogP contribution in [0.5, 0.6) is 0 Å². The Morgan fingerprint density at radius 2 is 1.75 bits per heavy atom. The first-order valence-corrected chi connectivity index (χ1v) is 7.79. The second-order valence-electron chi connectivity index (χ2n) is 5.55. The van der Waals surface area contributed by atoms with E-state index in [1.165, 1.54) is 0 Å². The topological polar surface area (TPSA) is 91.6 Å². The lowest BCUT2D eigenvalue weighted by atomic mass is 10.2. The number of urea groups is 1.